The van der Waals surface area contributed by atoms with Crippen LogP contribution in [-0.4, -0.2) is 33.5 Å². The minimum absolute atomic E-state index is 0.221. The van der Waals surface area contributed by atoms with Crippen LogP contribution in [0.15, 0.2) is 48.8 Å². The third-order valence-corrected chi connectivity index (χ3v) is 6.30. The second kappa shape index (κ2) is 7.57. The number of nitrogens with zero attached hydrogens (tertiary/aromatic N) is 4. The molecule has 0 aliphatic carbocycles. The van der Waals surface area contributed by atoms with Crippen molar-refractivity contribution in [2.75, 3.05) is 13.7 Å². The average molecular weight is 419 g/mol. The number of methoxy groups -OCH3 is 1. The van der Waals surface area contributed by atoms with Crippen LogP contribution >= 0.6 is 11.3 Å². The first kappa shape index (κ1) is 18.8. The van der Waals surface area contributed by atoms with E-state index < -0.39 is 0 Å². The van der Waals surface area contributed by atoms with E-state index in [0.29, 0.717) is 6.61 Å². The monoisotopic (exact) mass is 418 g/mol. The molecule has 4 aromatic rings. The first-order valence-corrected chi connectivity index (χ1v) is 10.8. The summed E-state index contributed by atoms with van der Waals surface area (Å²) in [5.74, 6) is 2.51. The maximum Gasteiger partial charge on any atom is 0.187 e. The fourth-order valence-electron chi connectivity index (χ4n) is 3.75. The van der Waals surface area contributed by atoms with Gasteiger partial charge in [0.05, 0.1) is 19.4 Å². The average Bonchev–Trinajstić information content (AvgIpc) is 3.38. The van der Waals surface area contributed by atoms with Gasteiger partial charge in [-0.25, -0.2) is 14.6 Å². The molecule has 3 heterocycles. The van der Waals surface area contributed by atoms with Crippen LogP contribution in [-0.2, 0) is 6.42 Å². The van der Waals surface area contributed by atoms with Crippen LogP contribution in [0.25, 0.3) is 33.2 Å². The highest BCUT2D eigenvalue weighted by atomic mass is 32.1. The van der Waals surface area contributed by atoms with E-state index in [-0.39, 0.29) is 6.04 Å². The zero-order valence-corrected chi connectivity index (χ0v) is 17.9. The molecule has 2 aromatic carbocycles. The van der Waals surface area contributed by atoms with Crippen LogP contribution in [0.3, 0.4) is 0 Å². The first-order valence-electron chi connectivity index (χ1n) is 9.96. The zero-order chi connectivity index (χ0) is 20.7. The number of thiazole rings is 1. The topological polar surface area (TPSA) is 62.1 Å². The summed E-state index contributed by atoms with van der Waals surface area (Å²) in [6.45, 7) is 4.82. The molecule has 0 radical (unpaired) electrons. The Labute approximate surface area is 179 Å². The van der Waals surface area contributed by atoms with Crippen molar-refractivity contribution in [2.45, 2.75) is 26.3 Å². The smallest absolute Gasteiger partial charge is 0.187 e. The van der Waals surface area contributed by atoms with Gasteiger partial charge in [-0.3, -0.25) is 0 Å². The molecule has 0 atom stereocenters. The van der Waals surface area contributed by atoms with Crippen LogP contribution in [0, 0.1) is 0 Å². The van der Waals surface area contributed by atoms with E-state index in [1.807, 2.05) is 28.9 Å². The molecule has 0 fully saturated rings. The van der Waals surface area contributed by atoms with E-state index in [1.165, 1.54) is 4.88 Å². The lowest BCUT2D eigenvalue weighted by atomic mass is 10.00. The summed E-state index contributed by atoms with van der Waals surface area (Å²) in [5.41, 5.74) is 4.09. The van der Waals surface area contributed by atoms with E-state index >= 15 is 0 Å². The molecule has 1 aliphatic heterocycles. The highest BCUT2D eigenvalue weighted by Gasteiger charge is 2.24. The van der Waals surface area contributed by atoms with Crippen molar-refractivity contribution >= 4 is 11.3 Å². The van der Waals surface area contributed by atoms with E-state index in [9.17, 15) is 0 Å². The lowest BCUT2D eigenvalue weighted by Gasteiger charge is -2.12. The van der Waals surface area contributed by atoms with Crippen LogP contribution in [0.5, 0.6) is 11.5 Å². The number of fused-ring (bicyclic) bond motifs is 3. The Bertz CT molecular complexity index is 1210. The van der Waals surface area contributed by atoms with Crippen LogP contribution < -0.4 is 9.47 Å². The van der Waals surface area contributed by atoms with E-state index in [1.54, 1.807) is 24.8 Å². The summed E-state index contributed by atoms with van der Waals surface area (Å²) < 4.78 is 13.5. The number of para-hydroxylation sites is 1. The normalized spacial score (nSPS) is 12.8. The predicted octanol–water partition coefficient (Wildman–Crippen LogP) is 5.26. The van der Waals surface area contributed by atoms with E-state index in [4.69, 9.17) is 14.5 Å². The maximum atomic E-state index is 6.03. The molecule has 0 unspecified atom stereocenters. The van der Waals surface area contributed by atoms with Crippen LogP contribution in [0.2, 0.25) is 0 Å². The maximum absolute atomic E-state index is 6.03. The molecule has 6 nitrogen and oxygen atoms in total. The van der Waals surface area contributed by atoms with E-state index in [0.717, 1.165) is 51.1 Å². The van der Waals surface area contributed by atoms with Gasteiger partial charge in [-0.2, -0.15) is 5.10 Å². The molecule has 0 amide bonds. The van der Waals surface area contributed by atoms with Gasteiger partial charge in [-0.15, -0.1) is 11.3 Å². The third-order valence-electron chi connectivity index (χ3n) is 5.19. The molecule has 0 spiro atoms. The largest absolute Gasteiger partial charge is 0.496 e. The molecule has 0 saturated carbocycles. The van der Waals surface area contributed by atoms with Crippen molar-refractivity contribution in [3.05, 3.63) is 53.7 Å². The summed E-state index contributed by atoms with van der Waals surface area (Å²) >= 11 is 1.67. The number of ether oxygens (including phenoxy) is 2. The zero-order valence-electron chi connectivity index (χ0n) is 17.1. The number of hydrogen-bond acceptors (Lipinski definition) is 6. The van der Waals surface area contributed by atoms with Gasteiger partial charge in [0, 0.05) is 28.5 Å². The Morgan fingerprint density at radius 1 is 1.13 bits per heavy atom. The molecule has 152 valence electrons. The highest BCUT2D eigenvalue weighted by Crippen LogP contribution is 2.42. The number of rotatable bonds is 4. The lowest BCUT2D eigenvalue weighted by Crippen LogP contribution is -2.04. The SMILES string of the molecule is COc1ccccc1-c1ccc2c(c1)-c1nc(-c3ncnn3C(C)C)sc1CCO2. The molecular weight excluding hydrogens is 396 g/mol. The molecule has 0 saturated heterocycles. The third kappa shape index (κ3) is 3.15. The van der Waals surface area contributed by atoms with Gasteiger partial charge >= 0.3 is 0 Å². The van der Waals surface area contributed by atoms with Gasteiger partial charge in [-0.05, 0) is 37.6 Å². The van der Waals surface area contributed by atoms with Gasteiger partial charge in [-0.1, -0.05) is 24.3 Å². The summed E-state index contributed by atoms with van der Waals surface area (Å²) in [6, 6.07) is 14.5. The Morgan fingerprint density at radius 3 is 2.83 bits per heavy atom. The molecular formula is C23H22N4O2S. The summed E-state index contributed by atoms with van der Waals surface area (Å²) in [4.78, 5) is 10.7. The highest BCUT2D eigenvalue weighted by molar-refractivity contribution is 7.15. The molecule has 30 heavy (non-hydrogen) atoms. The van der Waals surface area contributed by atoms with Crippen LogP contribution in [0.1, 0.15) is 24.8 Å². The van der Waals surface area contributed by atoms with Crippen molar-refractivity contribution in [1.82, 2.24) is 19.7 Å². The van der Waals surface area contributed by atoms with Gasteiger partial charge in [0.15, 0.2) is 10.8 Å². The Hall–Kier alpha value is -3.19. The number of benzene rings is 2. The van der Waals surface area contributed by atoms with E-state index in [2.05, 4.69) is 42.1 Å². The standard InChI is InChI=1S/C23H22N4O2S/c1-14(2)27-22(24-13-25-27)23-26-21-17-12-15(16-6-4-5-7-18(16)28-3)8-9-19(17)29-11-10-20(21)30-23/h4-9,12-14H,10-11H2,1-3H3. The number of aromatic nitrogens is 4. The van der Waals surface area contributed by atoms with Crippen molar-refractivity contribution in [1.29, 1.82) is 0 Å². The van der Waals surface area contributed by atoms with Crippen molar-refractivity contribution in [2.24, 2.45) is 0 Å². The van der Waals surface area contributed by atoms with Crippen molar-refractivity contribution in [3.63, 3.8) is 0 Å². The van der Waals surface area contributed by atoms with Gasteiger partial charge < -0.3 is 9.47 Å². The van der Waals surface area contributed by atoms with Crippen molar-refractivity contribution in [3.8, 4) is 44.7 Å². The molecule has 7 heteroatoms. The number of hydrogen-bond donors (Lipinski definition) is 0. The summed E-state index contributed by atoms with van der Waals surface area (Å²) in [6.07, 6.45) is 2.42. The Kier molecular flexibility index (Phi) is 4.75. The Morgan fingerprint density at radius 2 is 2.00 bits per heavy atom. The predicted molar refractivity (Wildman–Crippen MR) is 118 cm³/mol. The fourth-order valence-corrected chi connectivity index (χ4v) is 4.80. The molecule has 2 aromatic heterocycles. The fraction of sp³-hybridized carbons (Fsp3) is 0.261. The molecule has 5 rings (SSSR count). The summed E-state index contributed by atoms with van der Waals surface area (Å²) in [5, 5.41) is 5.26. The van der Waals surface area contributed by atoms with Gasteiger partial charge in [0.1, 0.15) is 17.8 Å². The molecule has 1 aliphatic rings. The van der Waals surface area contributed by atoms with Gasteiger partial charge in [0.2, 0.25) is 0 Å². The first-order chi connectivity index (χ1) is 14.7. The van der Waals surface area contributed by atoms with Crippen LogP contribution in [0.4, 0.5) is 0 Å². The van der Waals surface area contributed by atoms with Gasteiger partial charge in [0.25, 0.3) is 0 Å². The second-order valence-corrected chi connectivity index (χ2v) is 8.51. The molecule has 0 bridgehead atoms. The minimum atomic E-state index is 0.221. The summed E-state index contributed by atoms with van der Waals surface area (Å²) in [7, 11) is 1.70. The second-order valence-electron chi connectivity index (χ2n) is 7.42. The lowest BCUT2D eigenvalue weighted by molar-refractivity contribution is 0.327. The Balaban J connectivity index is 1.65. The minimum Gasteiger partial charge on any atom is -0.496 e. The van der Waals surface area contributed by atoms with Crippen molar-refractivity contribution < 1.29 is 9.47 Å². The quantitative estimate of drug-likeness (QED) is 0.452. The molecule has 0 N–H and O–H groups in total.